The lowest BCUT2D eigenvalue weighted by molar-refractivity contribution is 0.0932. The number of benzene rings is 1. The Bertz CT molecular complexity index is 1090. The Kier molecular flexibility index (Phi) is 5.93. The molecule has 0 radical (unpaired) electrons. The number of aryl methyl sites for hydroxylation is 1. The van der Waals surface area contributed by atoms with Crippen molar-refractivity contribution in [3.63, 3.8) is 0 Å². The molecule has 156 valence electrons. The van der Waals surface area contributed by atoms with E-state index in [1.165, 1.54) is 41.0 Å². The number of amides is 1. The SMILES string of the molecule is CSc1ncc(C(=O)NC2CCc3nn(Cc4ccc(F)cc4)c(=O)n3CC2)cn1. The van der Waals surface area contributed by atoms with Crippen LogP contribution in [-0.4, -0.2) is 42.5 Å². The van der Waals surface area contributed by atoms with E-state index in [4.69, 9.17) is 0 Å². The van der Waals surface area contributed by atoms with Gasteiger partial charge in [0.2, 0.25) is 0 Å². The second-order valence-electron chi connectivity index (χ2n) is 7.09. The number of carbonyl (C=O) groups is 1. The van der Waals surface area contributed by atoms with Crippen LogP contribution in [0.3, 0.4) is 0 Å². The van der Waals surface area contributed by atoms with Crippen molar-refractivity contribution in [3.8, 4) is 0 Å². The van der Waals surface area contributed by atoms with Crippen LogP contribution >= 0.6 is 11.8 Å². The highest BCUT2D eigenvalue weighted by Gasteiger charge is 2.22. The Labute approximate surface area is 176 Å². The Hall–Kier alpha value is -3.01. The van der Waals surface area contributed by atoms with Crippen molar-refractivity contribution in [3.05, 3.63) is 69.9 Å². The van der Waals surface area contributed by atoms with Gasteiger partial charge in [-0.05, 0) is 36.8 Å². The number of nitrogens with one attached hydrogen (secondary N) is 1. The number of hydrogen-bond acceptors (Lipinski definition) is 6. The molecule has 3 aromatic rings. The highest BCUT2D eigenvalue weighted by molar-refractivity contribution is 7.98. The predicted octanol–water partition coefficient (Wildman–Crippen LogP) is 1.88. The number of fused-ring (bicyclic) bond motifs is 1. The first kappa shape index (κ1) is 20.3. The summed E-state index contributed by atoms with van der Waals surface area (Å²) in [4.78, 5) is 33.5. The molecule has 30 heavy (non-hydrogen) atoms. The Morgan fingerprint density at radius 3 is 2.67 bits per heavy atom. The van der Waals surface area contributed by atoms with Gasteiger partial charge in [-0.1, -0.05) is 23.9 Å². The zero-order chi connectivity index (χ0) is 21.1. The fourth-order valence-corrected chi connectivity index (χ4v) is 3.76. The zero-order valence-electron chi connectivity index (χ0n) is 16.4. The Morgan fingerprint density at radius 1 is 1.23 bits per heavy atom. The molecule has 1 atom stereocenters. The molecule has 0 bridgehead atoms. The van der Waals surface area contributed by atoms with E-state index in [9.17, 15) is 14.0 Å². The van der Waals surface area contributed by atoms with Crippen LogP contribution in [0.1, 0.15) is 34.6 Å². The van der Waals surface area contributed by atoms with Gasteiger partial charge in [-0.15, -0.1) is 0 Å². The van der Waals surface area contributed by atoms with Crippen molar-refractivity contribution in [2.45, 2.75) is 43.6 Å². The summed E-state index contributed by atoms with van der Waals surface area (Å²) in [7, 11) is 0. The number of rotatable bonds is 5. The standard InChI is InChI=1S/C20H21FN6O2S/c1-30-19-22-10-14(11-23-19)18(28)24-16-6-7-17-25-27(20(29)26(17)9-8-16)12-13-2-4-15(21)5-3-13/h2-5,10-11,16H,6-9,12H2,1H3,(H,24,28). The van der Waals surface area contributed by atoms with Gasteiger partial charge in [0.1, 0.15) is 11.6 Å². The minimum atomic E-state index is -0.313. The maximum absolute atomic E-state index is 13.1. The average molecular weight is 428 g/mol. The van der Waals surface area contributed by atoms with E-state index in [1.54, 1.807) is 16.7 Å². The van der Waals surface area contributed by atoms with Crippen molar-refractivity contribution in [2.75, 3.05) is 6.26 Å². The van der Waals surface area contributed by atoms with Crippen LogP contribution in [0.5, 0.6) is 0 Å². The van der Waals surface area contributed by atoms with Crippen molar-refractivity contribution in [1.29, 1.82) is 0 Å². The molecule has 0 saturated heterocycles. The summed E-state index contributed by atoms with van der Waals surface area (Å²) in [5, 5.41) is 8.08. The van der Waals surface area contributed by atoms with E-state index in [0.29, 0.717) is 48.9 Å². The van der Waals surface area contributed by atoms with Crippen LogP contribution in [0.15, 0.2) is 46.6 Å². The molecule has 2 aromatic heterocycles. The van der Waals surface area contributed by atoms with Gasteiger partial charge in [-0.2, -0.15) is 5.10 Å². The maximum Gasteiger partial charge on any atom is 0.346 e. The van der Waals surface area contributed by atoms with E-state index in [1.807, 2.05) is 6.26 Å². The van der Waals surface area contributed by atoms with Gasteiger partial charge < -0.3 is 5.32 Å². The molecule has 1 aromatic carbocycles. The van der Waals surface area contributed by atoms with E-state index < -0.39 is 0 Å². The van der Waals surface area contributed by atoms with Gasteiger partial charge in [0.25, 0.3) is 5.91 Å². The molecule has 1 amide bonds. The minimum absolute atomic E-state index is 0.0654. The molecule has 4 rings (SSSR count). The fourth-order valence-electron chi connectivity index (χ4n) is 3.45. The summed E-state index contributed by atoms with van der Waals surface area (Å²) in [5.74, 6) is 0.166. The lowest BCUT2D eigenvalue weighted by Gasteiger charge is -2.15. The van der Waals surface area contributed by atoms with E-state index in [2.05, 4.69) is 20.4 Å². The minimum Gasteiger partial charge on any atom is -0.349 e. The molecule has 0 fully saturated rings. The molecule has 1 N–H and O–H groups in total. The molecule has 1 unspecified atom stereocenters. The lowest BCUT2D eigenvalue weighted by Crippen LogP contribution is -2.36. The smallest absolute Gasteiger partial charge is 0.346 e. The van der Waals surface area contributed by atoms with Crippen LogP contribution < -0.4 is 11.0 Å². The second kappa shape index (κ2) is 8.78. The first-order chi connectivity index (χ1) is 14.5. The number of aromatic nitrogens is 5. The number of halogens is 1. The number of carbonyl (C=O) groups excluding carboxylic acids is 1. The molecule has 10 heteroatoms. The number of thioether (sulfide) groups is 1. The van der Waals surface area contributed by atoms with Crippen molar-refractivity contribution < 1.29 is 9.18 Å². The van der Waals surface area contributed by atoms with Gasteiger partial charge in [0.05, 0.1) is 12.1 Å². The van der Waals surface area contributed by atoms with Crippen LogP contribution in [-0.2, 0) is 19.5 Å². The monoisotopic (exact) mass is 428 g/mol. The topological polar surface area (TPSA) is 94.7 Å². The average Bonchev–Trinajstić information content (AvgIpc) is 2.92. The van der Waals surface area contributed by atoms with Gasteiger partial charge in [0.15, 0.2) is 5.16 Å². The molecule has 1 aliphatic rings. The molecule has 0 aliphatic carbocycles. The summed E-state index contributed by atoms with van der Waals surface area (Å²) in [5.41, 5.74) is 1.03. The normalized spacial score (nSPS) is 16.0. The fraction of sp³-hybridized carbons (Fsp3) is 0.350. The molecule has 8 nitrogen and oxygen atoms in total. The van der Waals surface area contributed by atoms with Crippen molar-refractivity contribution in [2.24, 2.45) is 0 Å². The predicted molar refractivity (Wildman–Crippen MR) is 110 cm³/mol. The van der Waals surface area contributed by atoms with Crippen molar-refractivity contribution >= 4 is 17.7 Å². The number of hydrogen-bond donors (Lipinski definition) is 1. The summed E-state index contributed by atoms with van der Waals surface area (Å²) in [6, 6.07) is 5.97. The van der Waals surface area contributed by atoms with Gasteiger partial charge in [0, 0.05) is 31.4 Å². The molecular weight excluding hydrogens is 407 g/mol. The third kappa shape index (κ3) is 4.43. The third-order valence-corrected chi connectivity index (χ3v) is 5.65. The van der Waals surface area contributed by atoms with Crippen LogP contribution in [0.25, 0.3) is 0 Å². The summed E-state index contributed by atoms with van der Waals surface area (Å²) in [6.45, 7) is 0.774. The Morgan fingerprint density at radius 2 is 1.97 bits per heavy atom. The van der Waals surface area contributed by atoms with Crippen LogP contribution in [0.2, 0.25) is 0 Å². The molecule has 0 saturated carbocycles. The summed E-state index contributed by atoms with van der Waals surface area (Å²) < 4.78 is 16.1. The van der Waals surface area contributed by atoms with Crippen LogP contribution in [0, 0.1) is 5.82 Å². The van der Waals surface area contributed by atoms with Gasteiger partial charge in [-0.3, -0.25) is 9.36 Å². The van der Waals surface area contributed by atoms with Gasteiger partial charge >= 0.3 is 5.69 Å². The van der Waals surface area contributed by atoms with Crippen molar-refractivity contribution in [1.82, 2.24) is 29.6 Å². The third-order valence-electron chi connectivity index (χ3n) is 5.07. The first-order valence-corrected chi connectivity index (χ1v) is 10.8. The van der Waals surface area contributed by atoms with E-state index in [0.717, 1.165) is 5.56 Å². The quantitative estimate of drug-likeness (QED) is 0.493. The molecule has 0 spiro atoms. The van der Waals surface area contributed by atoms with Gasteiger partial charge in [-0.25, -0.2) is 23.8 Å². The van der Waals surface area contributed by atoms with E-state index >= 15 is 0 Å². The zero-order valence-corrected chi connectivity index (χ0v) is 17.2. The molecule has 1 aliphatic heterocycles. The summed E-state index contributed by atoms with van der Waals surface area (Å²) in [6.07, 6.45) is 6.80. The van der Waals surface area contributed by atoms with Crippen LogP contribution in [0.4, 0.5) is 4.39 Å². The molecule has 3 heterocycles. The first-order valence-electron chi connectivity index (χ1n) is 9.61. The second-order valence-corrected chi connectivity index (χ2v) is 7.86. The highest BCUT2D eigenvalue weighted by atomic mass is 32.2. The summed E-state index contributed by atoms with van der Waals surface area (Å²) >= 11 is 1.41. The largest absolute Gasteiger partial charge is 0.349 e. The maximum atomic E-state index is 13.1. The number of nitrogens with zero attached hydrogens (tertiary/aromatic N) is 5. The lowest BCUT2D eigenvalue weighted by atomic mass is 10.1. The Balaban J connectivity index is 1.40. The highest BCUT2D eigenvalue weighted by Crippen LogP contribution is 2.14. The van der Waals surface area contributed by atoms with E-state index in [-0.39, 0.29) is 23.5 Å². The molecular formula is C20H21FN6O2S.